The molecule has 0 aromatic carbocycles. The lowest BCUT2D eigenvalue weighted by Crippen LogP contribution is -2.25. The van der Waals surface area contributed by atoms with Crippen LogP contribution in [0.3, 0.4) is 0 Å². The van der Waals surface area contributed by atoms with E-state index in [1.54, 1.807) is 0 Å². The number of hydrogen-bond donors (Lipinski definition) is 2. The first-order chi connectivity index (χ1) is 3.72. The minimum Gasteiger partial charge on any atom is -0.410 e. The van der Waals surface area contributed by atoms with Crippen LogP contribution in [0, 0.1) is 0 Å². The van der Waals surface area contributed by atoms with Gasteiger partial charge < -0.3 is 10.5 Å². The van der Waals surface area contributed by atoms with Crippen LogP contribution in [0.1, 0.15) is 6.92 Å². The fourth-order valence-electron chi connectivity index (χ4n) is 0.226. The van der Waals surface area contributed by atoms with E-state index in [0.717, 1.165) is 0 Å². The SMILES string of the molecule is CNC(=O)/C(C)=N\O. The van der Waals surface area contributed by atoms with Crippen LogP contribution in [0.15, 0.2) is 5.16 Å². The monoisotopic (exact) mass is 116 g/mol. The summed E-state index contributed by atoms with van der Waals surface area (Å²) in [6, 6.07) is 0. The molecule has 4 heteroatoms. The molecule has 0 saturated heterocycles. The first kappa shape index (κ1) is 6.94. The Morgan fingerprint density at radius 3 is 2.38 bits per heavy atom. The Bertz CT molecular complexity index is 119. The topological polar surface area (TPSA) is 61.7 Å². The van der Waals surface area contributed by atoms with Gasteiger partial charge in [0.25, 0.3) is 5.91 Å². The van der Waals surface area contributed by atoms with Crippen LogP contribution >= 0.6 is 0 Å². The van der Waals surface area contributed by atoms with Crippen molar-refractivity contribution in [2.45, 2.75) is 6.92 Å². The van der Waals surface area contributed by atoms with Crippen LogP contribution in [0.25, 0.3) is 0 Å². The lowest BCUT2D eigenvalue weighted by atomic mass is 10.4. The number of carbonyl (C=O) groups excluding carboxylic acids is 1. The van der Waals surface area contributed by atoms with Crippen molar-refractivity contribution in [3.63, 3.8) is 0 Å². The third-order valence-corrected chi connectivity index (χ3v) is 0.706. The highest BCUT2D eigenvalue weighted by Crippen LogP contribution is 1.71. The summed E-state index contributed by atoms with van der Waals surface area (Å²) in [5.41, 5.74) is 0.0625. The van der Waals surface area contributed by atoms with E-state index in [9.17, 15) is 4.79 Å². The molecule has 1 amide bonds. The van der Waals surface area contributed by atoms with E-state index in [2.05, 4.69) is 10.5 Å². The van der Waals surface area contributed by atoms with Crippen molar-refractivity contribution in [1.29, 1.82) is 0 Å². The third-order valence-electron chi connectivity index (χ3n) is 0.706. The molecule has 0 fully saturated rings. The Labute approximate surface area is 47.2 Å². The summed E-state index contributed by atoms with van der Waals surface area (Å²) in [4.78, 5) is 10.3. The molecular weight excluding hydrogens is 108 g/mol. The maximum Gasteiger partial charge on any atom is 0.268 e. The van der Waals surface area contributed by atoms with Crippen molar-refractivity contribution in [1.82, 2.24) is 5.32 Å². The lowest BCUT2D eigenvalue weighted by molar-refractivity contribution is -0.114. The van der Waals surface area contributed by atoms with Crippen molar-refractivity contribution in [3.8, 4) is 0 Å². The van der Waals surface area contributed by atoms with Crippen LogP contribution < -0.4 is 5.32 Å². The quantitative estimate of drug-likeness (QED) is 0.278. The van der Waals surface area contributed by atoms with E-state index in [4.69, 9.17) is 5.21 Å². The molecule has 8 heavy (non-hydrogen) atoms. The molecule has 2 N–H and O–H groups in total. The first-order valence-electron chi connectivity index (χ1n) is 2.13. The van der Waals surface area contributed by atoms with Crippen molar-refractivity contribution >= 4 is 11.6 Å². The minimum absolute atomic E-state index is 0.0625. The molecule has 4 nitrogen and oxygen atoms in total. The van der Waals surface area contributed by atoms with Crippen LogP contribution in [0.2, 0.25) is 0 Å². The maximum atomic E-state index is 10.3. The van der Waals surface area contributed by atoms with Crippen LogP contribution in [0.5, 0.6) is 0 Å². The van der Waals surface area contributed by atoms with Crippen LogP contribution in [0.4, 0.5) is 0 Å². The molecule has 0 bridgehead atoms. The predicted molar refractivity (Wildman–Crippen MR) is 29.0 cm³/mol. The molecule has 0 aromatic heterocycles. The van der Waals surface area contributed by atoms with Gasteiger partial charge >= 0.3 is 0 Å². The Morgan fingerprint density at radius 2 is 2.25 bits per heavy atom. The zero-order valence-electron chi connectivity index (χ0n) is 4.80. The summed E-state index contributed by atoms with van der Waals surface area (Å²) in [6.45, 7) is 1.42. The first-order valence-corrected chi connectivity index (χ1v) is 2.13. The molecule has 0 rings (SSSR count). The molecule has 0 saturated carbocycles. The normalized spacial score (nSPS) is 11.0. The number of amides is 1. The van der Waals surface area contributed by atoms with E-state index < -0.39 is 0 Å². The zero-order valence-corrected chi connectivity index (χ0v) is 4.80. The molecule has 0 aliphatic rings. The van der Waals surface area contributed by atoms with E-state index in [-0.39, 0.29) is 11.6 Å². The molecule has 0 aromatic rings. The van der Waals surface area contributed by atoms with Crippen molar-refractivity contribution < 1.29 is 10.0 Å². The van der Waals surface area contributed by atoms with Crippen LogP contribution in [-0.2, 0) is 4.79 Å². The smallest absolute Gasteiger partial charge is 0.268 e. The van der Waals surface area contributed by atoms with Gasteiger partial charge in [-0.3, -0.25) is 4.79 Å². The third kappa shape index (κ3) is 1.59. The molecule has 0 aliphatic heterocycles. The highest BCUT2D eigenvalue weighted by Gasteiger charge is 1.99. The fraction of sp³-hybridized carbons (Fsp3) is 0.500. The Kier molecular flexibility index (Phi) is 2.61. The second-order valence-corrected chi connectivity index (χ2v) is 1.26. The molecule has 0 aliphatic carbocycles. The second-order valence-electron chi connectivity index (χ2n) is 1.26. The maximum absolute atomic E-state index is 10.3. The molecule has 46 valence electrons. The molecule has 0 heterocycles. The number of nitrogens with zero attached hydrogens (tertiary/aromatic N) is 1. The van der Waals surface area contributed by atoms with Gasteiger partial charge in [0.05, 0.1) is 0 Å². The van der Waals surface area contributed by atoms with Gasteiger partial charge in [-0.2, -0.15) is 0 Å². The van der Waals surface area contributed by atoms with Crippen molar-refractivity contribution in [2.75, 3.05) is 7.05 Å². The van der Waals surface area contributed by atoms with Gasteiger partial charge in [-0.25, -0.2) is 0 Å². The number of rotatable bonds is 1. The van der Waals surface area contributed by atoms with Gasteiger partial charge in [0.2, 0.25) is 0 Å². The Morgan fingerprint density at radius 1 is 1.75 bits per heavy atom. The summed E-state index contributed by atoms with van der Waals surface area (Å²) in [5, 5.41) is 12.9. The highest BCUT2D eigenvalue weighted by atomic mass is 16.4. The molecule has 0 atom stereocenters. The van der Waals surface area contributed by atoms with Crippen molar-refractivity contribution in [2.24, 2.45) is 5.16 Å². The Balaban J connectivity index is 3.83. The van der Waals surface area contributed by atoms with Gasteiger partial charge in [-0.15, -0.1) is 0 Å². The van der Waals surface area contributed by atoms with E-state index >= 15 is 0 Å². The number of nitrogens with one attached hydrogen (secondary N) is 1. The molecule has 0 spiro atoms. The molecular formula is C4H8N2O2. The summed E-state index contributed by atoms with van der Waals surface area (Å²) < 4.78 is 0. The number of oxime groups is 1. The second kappa shape index (κ2) is 3.01. The largest absolute Gasteiger partial charge is 0.410 e. The van der Waals surface area contributed by atoms with E-state index in [0.29, 0.717) is 0 Å². The standard InChI is InChI=1S/C4H8N2O2/c1-3(6-8)4(7)5-2/h8H,1-2H3,(H,5,7)/b6-3-. The fourth-order valence-corrected chi connectivity index (χ4v) is 0.226. The highest BCUT2D eigenvalue weighted by molar-refractivity contribution is 6.37. The number of carbonyl (C=O) groups is 1. The van der Waals surface area contributed by atoms with Gasteiger partial charge in [0.1, 0.15) is 5.71 Å². The number of hydrogen-bond acceptors (Lipinski definition) is 3. The predicted octanol–water partition coefficient (Wildman–Crippen LogP) is -0.418. The van der Waals surface area contributed by atoms with E-state index in [1.807, 2.05) is 0 Å². The van der Waals surface area contributed by atoms with Gasteiger partial charge in [-0.05, 0) is 6.92 Å². The average molecular weight is 116 g/mol. The van der Waals surface area contributed by atoms with Gasteiger partial charge in [0.15, 0.2) is 0 Å². The minimum atomic E-state index is -0.368. The molecule has 0 radical (unpaired) electrons. The summed E-state index contributed by atoms with van der Waals surface area (Å²) in [6.07, 6.45) is 0. The summed E-state index contributed by atoms with van der Waals surface area (Å²) in [5.74, 6) is -0.368. The summed E-state index contributed by atoms with van der Waals surface area (Å²) >= 11 is 0. The zero-order chi connectivity index (χ0) is 6.57. The van der Waals surface area contributed by atoms with Crippen molar-refractivity contribution in [3.05, 3.63) is 0 Å². The lowest BCUT2D eigenvalue weighted by Gasteiger charge is -1.91. The Hall–Kier alpha value is -1.06. The molecule has 0 unspecified atom stereocenters. The van der Waals surface area contributed by atoms with E-state index in [1.165, 1.54) is 14.0 Å². The average Bonchev–Trinajstić information content (AvgIpc) is 1.84. The van der Waals surface area contributed by atoms with Crippen LogP contribution in [-0.4, -0.2) is 23.9 Å². The summed E-state index contributed by atoms with van der Waals surface area (Å²) in [7, 11) is 1.47. The van der Waals surface area contributed by atoms with Gasteiger partial charge in [0, 0.05) is 7.05 Å². The van der Waals surface area contributed by atoms with Gasteiger partial charge in [-0.1, -0.05) is 5.16 Å².